The number of benzene rings is 2. The van der Waals surface area contributed by atoms with E-state index < -0.39 is 0 Å². The van der Waals surface area contributed by atoms with Crippen LogP contribution in [0.5, 0.6) is 0 Å². The zero-order valence-electron chi connectivity index (χ0n) is 13.4. The molecule has 2 aromatic carbocycles. The number of hydrogen-bond acceptors (Lipinski definition) is 4. The fraction of sp³-hybridized carbons (Fsp3) is 0.105. The number of carbonyl (C=O) groups excluding carboxylic acids is 1. The average molecular weight is 368 g/mol. The van der Waals surface area contributed by atoms with Crippen molar-refractivity contribution in [2.75, 3.05) is 11.1 Å². The quantitative estimate of drug-likeness (QED) is 0.672. The van der Waals surface area contributed by atoms with Crippen LogP contribution in [0.15, 0.2) is 53.6 Å². The largest absolute Gasteiger partial charge is 0.325 e. The van der Waals surface area contributed by atoms with E-state index in [1.165, 1.54) is 11.8 Å². The second kappa shape index (κ2) is 7.56. The number of amides is 1. The second-order valence-corrected chi connectivity index (χ2v) is 6.84. The fourth-order valence-corrected chi connectivity index (χ4v) is 3.27. The number of rotatable bonds is 4. The molecule has 0 aliphatic carbocycles. The molecule has 25 heavy (non-hydrogen) atoms. The van der Waals surface area contributed by atoms with Crippen LogP contribution in [0, 0.1) is 18.3 Å². The van der Waals surface area contributed by atoms with Gasteiger partial charge in [0.25, 0.3) is 0 Å². The van der Waals surface area contributed by atoms with E-state index in [0.717, 1.165) is 16.5 Å². The standard InChI is InChI=1S/C19H14ClN3OS/c1-12-3-2-4-13-9-14(10-21)19(23-18(12)13)25-11-17(24)22-16-7-5-15(20)6-8-16/h2-9H,11H2,1H3,(H,22,24). The minimum absolute atomic E-state index is 0.164. The topological polar surface area (TPSA) is 65.8 Å². The number of pyridine rings is 1. The molecule has 1 amide bonds. The number of nitriles is 1. The number of aryl methyl sites for hydroxylation is 1. The summed E-state index contributed by atoms with van der Waals surface area (Å²) in [4.78, 5) is 16.7. The summed E-state index contributed by atoms with van der Waals surface area (Å²) in [5.74, 6) is 0.00436. The Morgan fingerprint density at radius 3 is 2.76 bits per heavy atom. The molecule has 0 aliphatic heterocycles. The number of nitrogens with zero attached hydrogens (tertiary/aromatic N) is 2. The lowest BCUT2D eigenvalue weighted by molar-refractivity contribution is -0.113. The van der Waals surface area contributed by atoms with Crippen molar-refractivity contribution in [1.29, 1.82) is 5.26 Å². The number of para-hydroxylation sites is 1. The summed E-state index contributed by atoms with van der Waals surface area (Å²) in [7, 11) is 0. The molecule has 6 heteroatoms. The zero-order valence-corrected chi connectivity index (χ0v) is 15.0. The second-order valence-electron chi connectivity index (χ2n) is 5.44. The first-order valence-electron chi connectivity index (χ1n) is 7.55. The van der Waals surface area contributed by atoms with Crippen LogP contribution in [0.2, 0.25) is 5.02 Å². The highest BCUT2D eigenvalue weighted by Crippen LogP contribution is 2.26. The first kappa shape index (κ1) is 17.3. The lowest BCUT2D eigenvalue weighted by Gasteiger charge is -2.08. The molecular weight excluding hydrogens is 354 g/mol. The van der Waals surface area contributed by atoms with Crippen molar-refractivity contribution in [3.05, 3.63) is 64.7 Å². The van der Waals surface area contributed by atoms with Crippen LogP contribution in [0.1, 0.15) is 11.1 Å². The molecular formula is C19H14ClN3OS. The molecule has 0 bridgehead atoms. The van der Waals surface area contributed by atoms with E-state index in [0.29, 0.717) is 21.3 Å². The van der Waals surface area contributed by atoms with Crippen molar-refractivity contribution in [1.82, 2.24) is 4.98 Å². The molecule has 0 fully saturated rings. The molecule has 1 aromatic heterocycles. The molecule has 3 rings (SSSR count). The minimum Gasteiger partial charge on any atom is -0.325 e. The number of halogens is 1. The summed E-state index contributed by atoms with van der Waals surface area (Å²) in [6.07, 6.45) is 0. The first-order chi connectivity index (χ1) is 12.1. The summed E-state index contributed by atoms with van der Waals surface area (Å²) < 4.78 is 0. The van der Waals surface area contributed by atoms with E-state index in [4.69, 9.17) is 11.6 Å². The summed E-state index contributed by atoms with van der Waals surface area (Å²) in [5.41, 5.74) is 3.04. The number of nitrogens with one attached hydrogen (secondary N) is 1. The van der Waals surface area contributed by atoms with Gasteiger partial charge < -0.3 is 5.32 Å². The number of anilines is 1. The third-order valence-electron chi connectivity index (χ3n) is 3.60. The maximum atomic E-state index is 12.1. The van der Waals surface area contributed by atoms with Crippen LogP contribution in [-0.4, -0.2) is 16.6 Å². The van der Waals surface area contributed by atoms with Crippen molar-refractivity contribution in [2.24, 2.45) is 0 Å². The van der Waals surface area contributed by atoms with Gasteiger partial charge in [-0.3, -0.25) is 4.79 Å². The third-order valence-corrected chi connectivity index (χ3v) is 4.84. The van der Waals surface area contributed by atoms with E-state index in [2.05, 4.69) is 16.4 Å². The van der Waals surface area contributed by atoms with Gasteiger partial charge in [-0.15, -0.1) is 0 Å². The Kier molecular flexibility index (Phi) is 5.22. The Morgan fingerprint density at radius 1 is 1.28 bits per heavy atom. The molecule has 124 valence electrons. The SMILES string of the molecule is Cc1cccc2cc(C#N)c(SCC(=O)Nc3ccc(Cl)cc3)nc12. The van der Waals surface area contributed by atoms with Gasteiger partial charge in [-0.1, -0.05) is 41.6 Å². The molecule has 0 saturated heterocycles. The van der Waals surface area contributed by atoms with Crippen LogP contribution < -0.4 is 5.32 Å². The summed E-state index contributed by atoms with van der Waals surface area (Å²) in [6.45, 7) is 1.98. The molecule has 0 unspecified atom stereocenters. The fourth-order valence-electron chi connectivity index (χ4n) is 2.38. The molecule has 0 radical (unpaired) electrons. The molecule has 0 aliphatic rings. The van der Waals surface area contributed by atoms with Crippen molar-refractivity contribution in [3.63, 3.8) is 0 Å². The van der Waals surface area contributed by atoms with Gasteiger partial charge in [0, 0.05) is 16.1 Å². The number of hydrogen-bond donors (Lipinski definition) is 1. The average Bonchev–Trinajstić information content (AvgIpc) is 2.61. The van der Waals surface area contributed by atoms with Crippen LogP contribution in [0.3, 0.4) is 0 Å². The molecule has 1 heterocycles. The van der Waals surface area contributed by atoms with Gasteiger partial charge in [-0.2, -0.15) is 5.26 Å². The van der Waals surface area contributed by atoms with Gasteiger partial charge in [0.2, 0.25) is 5.91 Å². The maximum absolute atomic E-state index is 12.1. The Bertz CT molecular complexity index is 980. The predicted octanol–water partition coefficient (Wildman–Crippen LogP) is 4.80. The normalized spacial score (nSPS) is 10.4. The summed E-state index contributed by atoms with van der Waals surface area (Å²) >= 11 is 7.08. The summed E-state index contributed by atoms with van der Waals surface area (Å²) in [5, 5.41) is 14.3. The van der Waals surface area contributed by atoms with Crippen molar-refractivity contribution in [2.45, 2.75) is 11.9 Å². The van der Waals surface area contributed by atoms with Gasteiger partial charge in [-0.05, 0) is 42.8 Å². The first-order valence-corrected chi connectivity index (χ1v) is 8.92. The molecule has 4 nitrogen and oxygen atoms in total. The number of aromatic nitrogens is 1. The highest BCUT2D eigenvalue weighted by molar-refractivity contribution is 8.00. The van der Waals surface area contributed by atoms with Gasteiger partial charge in [-0.25, -0.2) is 4.98 Å². The molecule has 0 atom stereocenters. The lowest BCUT2D eigenvalue weighted by atomic mass is 10.1. The minimum atomic E-state index is -0.164. The maximum Gasteiger partial charge on any atom is 0.234 e. The zero-order chi connectivity index (χ0) is 17.8. The number of thioether (sulfide) groups is 1. The van der Waals surface area contributed by atoms with Crippen molar-refractivity contribution >= 4 is 45.9 Å². The highest BCUT2D eigenvalue weighted by atomic mass is 35.5. The predicted molar refractivity (Wildman–Crippen MR) is 102 cm³/mol. The molecule has 0 saturated carbocycles. The van der Waals surface area contributed by atoms with Crippen LogP contribution in [0.25, 0.3) is 10.9 Å². The Balaban J connectivity index is 1.76. The number of fused-ring (bicyclic) bond motifs is 1. The van der Waals surface area contributed by atoms with Crippen LogP contribution in [0.4, 0.5) is 5.69 Å². The Hall–Kier alpha value is -2.55. The van der Waals surface area contributed by atoms with Gasteiger partial charge in [0.1, 0.15) is 11.1 Å². The summed E-state index contributed by atoms with van der Waals surface area (Å²) in [6, 6.07) is 16.7. The Morgan fingerprint density at radius 2 is 2.04 bits per heavy atom. The monoisotopic (exact) mass is 367 g/mol. The molecule has 0 spiro atoms. The van der Waals surface area contributed by atoms with E-state index in [1.807, 2.05) is 31.2 Å². The number of carbonyl (C=O) groups is 1. The Labute approximate surface area is 154 Å². The van der Waals surface area contributed by atoms with Gasteiger partial charge in [0.15, 0.2) is 0 Å². The molecule has 1 N–H and O–H groups in total. The molecule has 3 aromatic rings. The van der Waals surface area contributed by atoms with Crippen molar-refractivity contribution in [3.8, 4) is 6.07 Å². The van der Waals surface area contributed by atoms with Crippen LogP contribution in [-0.2, 0) is 4.79 Å². The van der Waals surface area contributed by atoms with E-state index in [9.17, 15) is 10.1 Å². The van der Waals surface area contributed by atoms with Gasteiger partial charge >= 0.3 is 0 Å². The van der Waals surface area contributed by atoms with E-state index in [-0.39, 0.29) is 11.7 Å². The highest BCUT2D eigenvalue weighted by Gasteiger charge is 2.11. The van der Waals surface area contributed by atoms with E-state index >= 15 is 0 Å². The van der Waals surface area contributed by atoms with Gasteiger partial charge in [0.05, 0.1) is 16.8 Å². The lowest BCUT2D eigenvalue weighted by Crippen LogP contribution is -2.14. The third kappa shape index (κ3) is 4.11. The van der Waals surface area contributed by atoms with Crippen LogP contribution >= 0.6 is 23.4 Å². The smallest absolute Gasteiger partial charge is 0.234 e. The van der Waals surface area contributed by atoms with Crippen molar-refractivity contribution < 1.29 is 4.79 Å². The van der Waals surface area contributed by atoms with E-state index in [1.54, 1.807) is 24.3 Å².